The van der Waals surface area contributed by atoms with Crippen LogP contribution in [0.1, 0.15) is 23.4 Å². The predicted molar refractivity (Wildman–Crippen MR) is 103 cm³/mol. The number of aromatic nitrogens is 2. The molecule has 0 aliphatic rings. The van der Waals surface area contributed by atoms with E-state index in [4.69, 9.17) is 20.7 Å². The average Bonchev–Trinajstić information content (AvgIpc) is 3.02. The maximum Gasteiger partial charge on any atom is 0.260 e. The summed E-state index contributed by atoms with van der Waals surface area (Å²) >= 11 is 0. The molecule has 27 heavy (non-hydrogen) atoms. The number of aryl methyl sites for hydroxylation is 3. The third kappa shape index (κ3) is 3.79. The van der Waals surface area contributed by atoms with Crippen LogP contribution in [-0.2, 0) is 11.2 Å². The maximum atomic E-state index is 11.5. The minimum absolute atomic E-state index is 0.365. The molecule has 3 aromatic rings. The zero-order valence-electron chi connectivity index (χ0n) is 15.7. The van der Waals surface area contributed by atoms with E-state index in [1.165, 1.54) is 11.1 Å². The number of amides is 1. The number of fused-ring (bicyclic) bond motifs is 1. The van der Waals surface area contributed by atoms with Crippen LogP contribution >= 0.6 is 0 Å². The molecule has 0 spiro atoms. The number of imidazole rings is 1. The molecule has 0 aliphatic heterocycles. The van der Waals surface area contributed by atoms with Gasteiger partial charge in [-0.05, 0) is 67.8 Å². The molecule has 1 atom stereocenters. The van der Waals surface area contributed by atoms with Crippen LogP contribution in [0.25, 0.3) is 16.7 Å². The first-order valence-corrected chi connectivity index (χ1v) is 8.77. The lowest BCUT2D eigenvalue weighted by Crippen LogP contribution is -2.39. The molecule has 7 heteroatoms. The van der Waals surface area contributed by atoms with Crippen molar-refractivity contribution in [2.75, 3.05) is 7.11 Å². The Bertz CT molecular complexity index is 964. The number of nitrogens with one attached hydrogen (secondary N) is 1. The molecule has 1 amide bonds. The van der Waals surface area contributed by atoms with Gasteiger partial charge in [0.15, 0.2) is 0 Å². The van der Waals surface area contributed by atoms with E-state index in [1.807, 2.05) is 24.3 Å². The third-order valence-electron chi connectivity index (χ3n) is 4.80. The second-order valence-corrected chi connectivity index (χ2v) is 6.61. The lowest BCUT2D eigenvalue weighted by atomic mass is 10.1. The fourth-order valence-electron chi connectivity index (χ4n) is 3.07. The van der Waals surface area contributed by atoms with Crippen molar-refractivity contribution in [1.82, 2.24) is 15.0 Å². The number of methoxy groups -OCH3 is 1. The number of hydrogen-bond acceptors (Lipinski definition) is 5. The van der Waals surface area contributed by atoms with E-state index in [9.17, 15) is 4.79 Å². The van der Waals surface area contributed by atoms with Crippen LogP contribution in [0, 0.1) is 13.8 Å². The van der Waals surface area contributed by atoms with Crippen molar-refractivity contribution >= 4 is 16.9 Å². The van der Waals surface area contributed by atoms with Crippen LogP contribution in [-0.4, -0.2) is 33.8 Å². The molecule has 1 heterocycles. The molecule has 0 saturated heterocycles. The summed E-state index contributed by atoms with van der Waals surface area (Å²) in [4.78, 5) is 16.3. The van der Waals surface area contributed by atoms with Crippen LogP contribution in [0.2, 0.25) is 0 Å². The van der Waals surface area contributed by atoms with Crippen LogP contribution in [0.3, 0.4) is 0 Å². The molecular formula is C20H24N4O3. The molecular weight excluding hydrogens is 344 g/mol. The highest BCUT2D eigenvalue weighted by molar-refractivity contribution is 5.81. The van der Waals surface area contributed by atoms with Gasteiger partial charge in [0.25, 0.3) is 5.91 Å². The van der Waals surface area contributed by atoms with E-state index < -0.39 is 11.9 Å². The lowest BCUT2D eigenvalue weighted by Gasteiger charge is -2.12. The largest absolute Gasteiger partial charge is 0.497 e. The normalized spacial score (nSPS) is 12.2. The van der Waals surface area contributed by atoms with Gasteiger partial charge in [-0.1, -0.05) is 0 Å². The summed E-state index contributed by atoms with van der Waals surface area (Å²) in [5, 5.41) is 8.75. The van der Waals surface area contributed by atoms with Gasteiger partial charge in [0, 0.05) is 12.1 Å². The Morgan fingerprint density at radius 1 is 1.26 bits per heavy atom. The lowest BCUT2D eigenvalue weighted by molar-refractivity contribution is -0.130. The minimum atomic E-state index is -0.803. The molecule has 0 unspecified atom stereocenters. The van der Waals surface area contributed by atoms with Crippen molar-refractivity contribution in [2.24, 2.45) is 5.73 Å². The molecule has 4 N–H and O–H groups in total. The molecule has 2 aromatic carbocycles. The second kappa shape index (κ2) is 7.77. The SMILES string of the molecule is COc1ccc(-n2c(CC[C@H](N)C(=O)NO)nc3cc(C)c(C)cc32)cc1. The van der Waals surface area contributed by atoms with Crippen molar-refractivity contribution in [2.45, 2.75) is 32.7 Å². The van der Waals surface area contributed by atoms with E-state index in [1.54, 1.807) is 12.6 Å². The molecule has 0 bridgehead atoms. The molecule has 142 valence electrons. The number of ether oxygens (including phenoxy) is 1. The quantitative estimate of drug-likeness (QED) is 0.458. The minimum Gasteiger partial charge on any atom is -0.497 e. The maximum absolute atomic E-state index is 11.5. The van der Waals surface area contributed by atoms with E-state index in [0.717, 1.165) is 28.3 Å². The Morgan fingerprint density at radius 2 is 1.93 bits per heavy atom. The second-order valence-electron chi connectivity index (χ2n) is 6.61. The highest BCUT2D eigenvalue weighted by Crippen LogP contribution is 2.26. The van der Waals surface area contributed by atoms with E-state index in [2.05, 4.69) is 30.5 Å². The first-order valence-electron chi connectivity index (χ1n) is 8.77. The monoisotopic (exact) mass is 368 g/mol. The molecule has 0 fully saturated rings. The number of rotatable bonds is 6. The molecule has 3 rings (SSSR count). The summed E-state index contributed by atoms with van der Waals surface area (Å²) in [6.07, 6.45) is 0.858. The first kappa shape index (κ1) is 18.9. The number of hydrogen-bond donors (Lipinski definition) is 3. The summed E-state index contributed by atoms with van der Waals surface area (Å²) in [7, 11) is 1.63. The Kier molecular flexibility index (Phi) is 5.43. The summed E-state index contributed by atoms with van der Waals surface area (Å²) in [5.41, 5.74) is 12.6. The van der Waals surface area contributed by atoms with Gasteiger partial charge in [-0.2, -0.15) is 0 Å². The number of hydroxylamine groups is 1. The Balaban J connectivity index is 2.06. The van der Waals surface area contributed by atoms with Gasteiger partial charge in [-0.15, -0.1) is 0 Å². The Labute approximate surface area is 157 Å². The van der Waals surface area contributed by atoms with Crippen molar-refractivity contribution in [3.8, 4) is 11.4 Å². The molecule has 0 radical (unpaired) electrons. The fraction of sp³-hybridized carbons (Fsp3) is 0.300. The van der Waals surface area contributed by atoms with Gasteiger partial charge >= 0.3 is 0 Å². The molecule has 0 saturated carbocycles. The van der Waals surface area contributed by atoms with Crippen LogP contribution in [0.5, 0.6) is 5.75 Å². The number of benzene rings is 2. The van der Waals surface area contributed by atoms with Gasteiger partial charge in [0.1, 0.15) is 11.6 Å². The summed E-state index contributed by atoms with van der Waals surface area (Å²) < 4.78 is 7.32. The van der Waals surface area contributed by atoms with E-state index >= 15 is 0 Å². The highest BCUT2D eigenvalue weighted by atomic mass is 16.5. The third-order valence-corrected chi connectivity index (χ3v) is 4.80. The molecule has 7 nitrogen and oxygen atoms in total. The Morgan fingerprint density at radius 3 is 2.56 bits per heavy atom. The summed E-state index contributed by atoms with van der Waals surface area (Å²) in [6, 6.07) is 11.1. The number of carbonyl (C=O) groups is 1. The number of nitrogens with two attached hydrogens (primary N) is 1. The van der Waals surface area contributed by atoms with Crippen molar-refractivity contribution in [1.29, 1.82) is 0 Å². The van der Waals surface area contributed by atoms with Gasteiger partial charge in [-0.3, -0.25) is 14.6 Å². The van der Waals surface area contributed by atoms with Crippen molar-refractivity contribution in [3.63, 3.8) is 0 Å². The van der Waals surface area contributed by atoms with Gasteiger partial charge in [0.2, 0.25) is 0 Å². The van der Waals surface area contributed by atoms with Gasteiger partial charge < -0.3 is 10.5 Å². The van der Waals surface area contributed by atoms with E-state index in [0.29, 0.717) is 12.8 Å². The summed E-state index contributed by atoms with van der Waals surface area (Å²) in [6.45, 7) is 4.13. The summed E-state index contributed by atoms with van der Waals surface area (Å²) in [5.74, 6) is 0.980. The highest BCUT2D eigenvalue weighted by Gasteiger charge is 2.17. The van der Waals surface area contributed by atoms with E-state index in [-0.39, 0.29) is 0 Å². The smallest absolute Gasteiger partial charge is 0.260 e. The van der Waals surface area contributed by atoms with Crippen molar-refractivity contribution < 1.29 is 14.7 Å². The van der Waals surface area contributed by atoms with Crippen LogP contribution in [0.4, 0.5) is 0 Å². The average molecular weight is 368 g/mol. The van der Waals surface area contributed by atoms with Gasteiger partial charge in [-0.25, -0.2) is 10.5 Å². The molecule has 0 aliphatic carbocycles. The number of nitrogens with zero attached hydrogens (tertiary/aromatic N) is 2. The first-order chi connectivity index (χ1) is 12.9. The fourth-order valence-corrected chi connectivity index (χ4v) is 3.07. The Hall–Kier alpha value is -2.90. The predicted octanol–water partition coefficient (Wildman–Crippen LogP) is 2.42. The van der Waals surface area contributed by atoms with Crippen LogP contribution < -0.4 is 16.0 Å². The van der Waals surface area contributed by atoms with Crippen LogP contribution in [0.15, 0.2) is 36.4 Å². The van der Waals surface area contributed by atoms with Gasteiger partial charge in [0.05, 0.1) is 24.2 Å². The van der Waals surface area contributed by atoms with Crippen molar-refractivity contribution in [3.05, 3.63) is 53.3 Å². The topological polar surface area (TPSA) is 102 Å². The molecule has 1 aromatic heterocycles. The number of carbonyl (C=O) groups excluding carboxylic acids is 1. The zero-order valence-corrected chi connectivity index (χ0v) is 15.7. The zero-order chi connectivity index (χ0) is 19.6. The standard InChI is InChI=1S/C20H24N4O3/c1-12-10-17-18(11-13(12)2)24(14-4-6-15(27-3)7-5-14)19(22-17)9-8-16(21)20(25)23-26/h4-7,10-11,16,26H,8-9,21H2,1-3H3,(H,23,25)/t16-/m0/s1.